The van der Waals surface area contributed by atoms with Crippen molar-refractivity contribution in [3.8, 4) is 5.75 Å². The van der Waals surface area contributed by atoms with Crippen molar-refractivity contribution in [2.75, 3.05) is 0 Å². The molecule has 0 spiro atoms. The molecule has 20 heteroatoms. The fourth-order valence-corrected chi connectivity index (χ4v) is 3.75. The van der Waals surface area contributed by atoms with E-state index in [1.54, 1.807) is 13.8 Å². The maximum absolute atomic E-state index is 14.0. The third-order valence-electron chi connectivity index (χ3n) is 6.48. The number of carbonyl (C=O) groups is 1. The Balaban J connectivity index is 3.34. The first kappa shape index (κ1) is 40.3. The fourth-order valence-electron chi connectivity index (χ4n) is 3.75. The van der Waals surface area contributed by atoms with Crippen LogP contribution in [0.1, 0.15) is 62.6 Å². The summed E-state index contributed by atoms with van der Waals surface area (Å²) in [4.78, 5) is 11.8. The first-order chi connectivity index (χ1) is 20.0. The number of unbranched alkanes of at least 4 members (excludes halogenated alkanes) is 2. The predicted octanol–water partition coefficient (Wildman–Crippen LogP) is 9.52. The molecule has 262 valence electrons. The van der Waals surface area contributed by atoms with Gasteiger partial charge in [0.05, 0.1) is 0 Å². The van der Waals surface area contributed by atoms with Crippen molar-refractivity contribution >= 4 is 5.97 Å². The molecule has 0 heterocycles. The standard InChI is InChI=1S/C25H25F17O3/c1-3-5-7-14-11-13(12-15(17(14)44)8-6-4-2)9-10-16(43)45-25(41,42)23(36,37)21(32,33)19(28,29)18(26,27)20(30,31)22(34,35)24(38,39)40/h11-12,44H,3-10H2,1-2H3. The van der Waals surface area contributed by atoms with Gasteiger partial charge in [0.2, 0.25) is 0 Å². The zero-order valence-electron chi connectivity index (χ0n) is 23.0. The smallest absolute Gasteiger partial charge is 0.473 e. The molecule has 0 unspecified atom stereocenters. The summed E-state index contributed by atoms with van der Waals surface area (Å²) in [5, 5.41) is 10.4. The van der Waals surface area contributed by atoms with Crippen LogP contribution in [0.4, 0.5) is 74.6 Å². The number of phenols is 1. The van der Waals surface area contributed by atoms with Crippen LogP contribution in [-0.2, 0) is 28.8 Å². The molecule has 0 aliphatic heterocycles. The van der Waals surface area contributed by atoms with Gasteiger partial charge in [-0.05, 0) is 48.8 Å². The van der Waals surface area contributed by atoms with Gasteiger partial charge in [0.15, 0.2) is 0 Å². The number of carbonyl (C=O) groups excluding carboxylic acids is 1. The first-order valence-electron chi connectivity index (χ1n) is 12.8. The Morgan fingerprint density at radius 3 is 1.31 bits per heavy atom. The number of ether oxygens (including phenoxy) is 1. The second kappa shape index (κ2) is 13.2. The number of aromatic hydroxyl groups is 1. The molecular formula is C25H25F17O3. The molecule has 0 atom stereocenters. The predicted molar refractivity (Wildman–Crippen MR) is 120 cm³/mol. The Kier molecular flexibility index (Phi) is 11.8. The van der Waals surface area contributed by atoms with E-state index in [-0.39, 0.29) is 24.2 Å². The SMILES string of the molecule is CCCCc1cc(CCC(=O)OC(F)(F)C(F)(F)C(F)(F)C(F)(F)C(F)(F)C(F)(F)C(F)(F)C(F)(F)F)cc(CCCC)c1O. The third-order valence-corrected chi connectivity index (χ3v) is 6.48. The topological polar surface area (TPSA) is 46.5 Å². The van der Waals surface area contributed by atoms with Crippen molar-refractivity contribution in [1.82, 2.24) is 0 Å². The van der Waals surface area contributed by atoms with Crippen LogP contribution >= 0.6 is 0 Å². The maximum Gasteiger partial charge on any atom is 0.473 e. The van der Waals surface area contributed by atoms with Crippen LogP contribution in [0.25, 0.3) is 0 Å². The summed E-state index contributed by atoms with van der Waals surface area (Å²) in [7, 11) is 0. The van der Waals surface area contributed by atoms with E-state index in [9.17, 15) is 84.5 Å². The van der Waals surface area contributed by atoms with Gasteiger partial charge < -0.3 is 9.84 Å². The molecule has 0 saturated heterocycles. The summed E-state index contributed by atoms with van der Waals surface area (Å²) in [5.74, 6) is -53.8. The summed E-state index contributed by atoms with van der Waals surface area (Å²) in [6, 6.07) is 2.52. The van der Waals surface area contributed by atoms with Crippen molar-refractivity contribution in [3.05, 3.63) is 28.8 Å². The van der Waals surface area contributed by atoms with E-state index >= 15 is 0 Å². The maximum atomic E-state index is 14.0. The summed E-state index contributed by atoms with van der Waals surface area (Å²) in [6.07, 6.45) is -14.3. The van der Waals surface area contributed by atoms with Crippen molar-refractivity contribution < 1.29 is 89.3 Å². The highest BCUT2D eigenvalue weighted by atomic mass is 19.4. The van der Waals surface area contributed by atoms with E-state index in [0.717, 1.165) is 0 Å². The van der Waals surface area contributed by atoms with E-state index in [2.05, 4.69) is 4.74 Å². The Bertz CT molecular complexity index is 1150. The highest BCUT2D eigenvalue weighted by Gasteiger charge is 2.95. The first-order valence-corrected chi connectivity index (χ1v) is 12.8. The molecule has 0 radical (unpaired) electrons. The molecule has 3 nitrogen and oxygen atoms in total. The van der Waals surface area contributed by atoms with Crippen LogP contribution in [0.3, 0.4) is 0 Å². The largest absolute Gasteiger partial charge is 0.507 e. The third kappa shape index (κ3) is 7.17. The number of benzene rings is 1. The lowest BCUT2D eigenvalue weighted by Crippen LogP contribution is -2.74. The number of aryl methyl sites for hydroxylation is 3. The molecule has 0 aromatic heterocycles. The van der Waals surface area contributed by atoms with Crippen molar-refractivity contribution in [3.63, 3.8) is 0 Å². The molecule has 1 aromatic rings. The van der Waals surface area contributed by atoms with Crippen LogP contribution in [-0.4, -0.2) is 58.9 Å². The van der Waals surface area contributed by atoms with Gasteiger partial charge in [-0.1, -0.05) is 38.8 Å². The number of hydrogen-bond acceptors (Lipinski definition) is 3. The van der Waals surface area contributed by atoms with E-state index in [1.807, 2.05) is 0 Å². The monoisotopic (exact) mass is 696 g/mol. The normalized spacial score (nSPS) is 14.6. The Morgan fingerprint density at radius 1 is 0.600 bits per heavy atom. The minimum Gasteiger partial charge on any atom is -0.507 e. The van der Waals surface area contributed by atoms with E-state index in [1.165, 1.54) is 12.1 Å². The average molecular weight is 696 g/mol. The summed E-state index contributed by atoms with van der Waals surface area (Å²) in [6.45, 7) is 3.57. The number of rotatable bonds is 16. The number of halogens is 17. The molecular weight excluding hydrogens is 671 g/mol. The van der Waals surface area contributed by atoms with Gasteiger partial charge in [0, 0.05) is 6.42 Å². The molecule has 0 amide bonds. The molecule has 1 rings (SSSR count). The Hall–Kier alpha value is -2.70. The zero-order chi connectivity index (χ0) is 35.7. The van der Waals surface area contributed by atoms with Crippen molar-refractivity contribution in [1.29, 1.82) is 0 Å². The van der Waals surface area contributed by atoms with Crippen molar-refractivity contribution in [2.24, 2.45) is 0 Å². The molecule has 0 fully saturated rings. The number of esters is 1. The van der Waals surface area contributed by atoms with Crippen LogP contribution in [0.2, 0.25) is 0 Å². The van der Waals surface area contributed by atoms with Gasteiger partial charge in [-0.3, -0.25) is 4.79 Å². The Morgan fingerprint density at radius 2 is 0.956 bits per heavy atom. The fraction of sp³-hybridized carbons (Fsp3) is 0.720. The zero-order valence-corrected chi connectivity index (χ0v) is 23.0. The number of phenolic OH excluding ortho intramolecular Hbond substituents is 1. The average Bonchev–Trinajstić information content (AvgIpc) is 2.89. The van der Waals surface area contributed by atoms with Gasteiger partial charge in [-0.25, -0.2) is 0 Å². The van der Waals surface area contributed by atoms with E-state index in [0.29, 0.717) is 36.8 Å². The quantitative estimate of drug-likeness (QED) is 0.138. The van der Waals surface area contributed by atoms with Gasteiger partial charge in [0.25, 0.3) is 0 Å². The second-order valence-corrected chi connectivity index (χ2v) is 9.90. The van der Waals surface area contributed by atoms with Gasteiger partial charge >= 0.3 is 53.8 Å². The number of alkyl halides is 17. The Labute approximate surface area is 243 Å². The second-order valence-electron chi connectivity index (χ2n) is 9.90. The minimum absolute atomic E-state index is 0.0707. The minimum atomic E-state index is -8.77. The summed E-state index contributed by atoms with van der Waals surface area (Å²) in [5.41, 5.74) is 0.684. The molecule has 0 aliphatic rings. The highest BCUT2D eigenvalue weighted by Crippen LogP contribution is 2.64. The summed E-state index contributed by atoms with van der Waals surface area (Å²) >= 11 is 0. The van der Waals surface area contributed by atoms with Crippen LogP contribution < -0.4 is 0 Å². The summed E-state index contributed by atoms with van der Waals surface area (Å²) < 4.78 is 230. The van der Waals surface area contributed by atoms with Gasteiger partial charge in [-0.2, -0.15) is 74.6 Å². The van der Waals surface area contributed by atoms with Gasteiger partial charge in [0.1, 0.15) is 5.75 Å². The molecule has 0 bridgehead atoms. The molecule has 1 N–H and O–H groups in total. The number of hydrogen-bond donors (Lipinski definition) is 1. The van der Waals surface area contributed by atoms with E-state index < -0.39 is 66.6 Å². The van der Waals surface area contributed by atoms with Crippen LogP contribution in [0, 0.1) is 0 Å². The van der Waals surface area contributed by atoms with Crippen LogP contribution in [0.5, 0.6) is 5.75 Å². The molecule has 0 aliphatic carbocycles. The lowest BCUT2D eigenvalue weighted by molar-refractivity contribution is -0.474. The van der Waals surface area contributed by atoms with E-state index in [4.69, 9.17) is 0 Å². The van der Waals surface area contributed by atoms with Crippen molar-refractivity contribution in [2.45, 2.75) is 113 Å². The lowest BCUT2D eigenvalue weighted by Gasteiger charge is -2.42. The molecule has 1 aromatic carbocycles. The molecule has 0 saturated carbocycles. The molecule has 45 heavy (non-hydrogen) atoms. The van der Waals surface area contributed by atoms with Crippen LogP contribution in [0.15, 0.2) is 12.1 Å². The lowest BCUT2D eigenvalue weighted by atomic mass is 9.90. The highest BCUT2D eigenvalue weighted by molar-refractivity contribution is 5.70. The van der Waals surface area contributed by atoms with Gasteiger partial charge in [-0.15, -0.1) is 0 Å².